The number of carbonyl (C=O) groups excluding carboxylic acids is 1. The fourth-order valence-electron chi connectivity index (χ4n) is 2.47. The molecule has 0 unspecified atom stereocenters. The minimum atomic E-state index is 0.108. The van der Waals surface area contributed by atoms with Gasteiger partial charge in [0.1, 0.15) is 0 Å². The molecule has 0 saturated heterocycles. The topological polar surface area (TPSA) is 55.1 Å². The first-order chi connectivity index (χ1) is 9.54. The lowest BCUT2D eigenvalue weighted by molar-refractivity contribution is -0.119. The van der Waals surface area contributed by atoms with Crippen LogP contribution in [0.3, 0.4) is 0 Å². The van der Waals surface area contributed by atoms with Crippen LogP contribution in [0, 0.1) is 5.92 Å². The Morgan fingerprint density at radius 2 is 2.10 bits per heavy atom. The van der Waals surface area contributed by atoms with E-state index >= 15 is 0 Å². The Kier molecular flexibility index (Phi) is 5.78. The highest BCUT2D eigenvalue weighted by molar-refractivity contribution is 9.10. The molecule has 1 amide bonds. The molecule has 3 nitrogen and oxygen atoms in total. The number of nitrogens with two attached hydrogens (primary N) is 1. The summed E-state index contributed by atoms with van der Waals surface area (Å²) in [6.45, 7) is 2.28. The molecule has 110 valence electrons. The molecule has 1 aliphatic rings. The molecule has 1 aromatic carbocycles. The van der Waals surface area contributed by atoms with Crippen LogP contribution in [0.15, 0.2) is 27.6 Å². The Balaban J connectivity index is 1.77. The highest BCUT2D eigenvalue weighted by atomic mass is 79.9. The number of amides is 1. The summed E-state index contributed by atoms with van der Waals surface area (Å²) in [7, 11) is 0. The third-order valence-corrected chi connectivity index (χ3v) is 5.29. The molecule has 0 heterocycles. The summed E-state index contributed by atoms with van der Waals surface area (Å²) in [5.74, 6) is 1.34. The van der Waals surface area contributed by atoms with Gasteiger partial charge >= 0.3 is 0 Å². The molecular weight excluding hydrogens is 336 g/mol. The van der Waals surface area contributed by atoms with E-state index in [1.165, 1.54) is 24.6 Å². The van der Waals surface area contributed by atoms with Crippen LogP contribution in [0.4, 0.5) is 5.69 Å². The number of nitrogens with one attached hydrogen (secondary N) is 1. The number of anilines is 1. The number of carbonyl (C=O) groups is 1. The molecule has 1 aromatic rings. The molecule has 1 fully saturated rings. The Labute approximate surface area is 133 Å². The van der Waals surface area contributed by atoms with E-state index < -0.39 is 0 Å². The second kappa shape index (κ2) is 7.36. The molecule has 1 aliphatic carbocycles. The van der Waals surface area contributed by atoms with Crippen molar-refractivity contribution in [1.29, 1.82) is 0 Å². The van der Waals surface area contributed by atoms with Crippen molar-refractivity contribution in [2.24, 2.45) is 5.92 Å². The van der Waals surface area contributed by atoms with E-state index in [1.807, 2.05) is 18.2 Å². The van der Waals surface area contributed by atoms with Gasteiger partial charge in [0.05, 0.1) is 5.75 Å². The normalized spacial score (nSPS) is 22.5. The van der Waals surface area contributed by atoms with Gasteiger partial charge in [-0.05, 0) is 49.8 Å². The Hall–Kier alpha value is -0.680. The summed E-state index contributed by atoms with van der Waals surface area (Å²) in [6, 6.07) is 6.11. The maximum atomic E-state index is 12.0. The van der Waals surface area contributed by atoms with Crippen molar-refractivity contribution < 1.29 is 4.79 Å². The van der Waals surface area contributed by atoms with E-state index in [4.69, 9.17) is 5.73 Å². The van der Waals surface area contributed by atoms with Gasteiger partial charge in [0, 0.05) is 21.1 Å². The molecule has 0 aromatic heterocycles. The first-order valence-electron chi connectivity index (χ1n) is 7.02. The average molecular weight is 357 g/mol. The first kappa shape index (κ1) is 15.7. The average Bonchev–Trinajstić information content (AvgIpc) is 2.40. The van der Waals surface area contributed by atoms with Gasteiger partial charge < -0.3 is 11.1 Å². The monoisotopic (exact) mass is 356 g/mol. The molecule has 0 radical (unpaired) electrons. The van der Waals surface area contributed by atoms with E-state index in [-0.39, 0.29) is 5.91 Å². The van der Waals surface area contributed by atoms with Gasteiger partial charge in [0.15, 0.2) is 0 Å². The number of rotatable bonds is 4. The SMILES string of the molecule is CC1CCC(NC(=O)CSc2ccc(Br)cc2N)CC1. The highest BCUT2D eigenvalue weighted by Crippen LogP contribution is 2.28. The number of halogens is 1. The lowest BCUT2D eigenvalue weighted by Crippen LogP contribution is -2.38. The van der Waals surface area contributed by atoms with Crippen LogP contribution in [0.2, 0.25) is 0 Å². The van der Waals surface area contributed by atoms with E-state index in [9.17, 15) is 4.79 Å². The van der Waals surface area contributed by atoms with Crippen LogP contribution in [0.5, 0.6) is 0 Å². The Morgan fingerprint density at radius 1 is 1.40 bits per heavy atom. The van der Waals surface area contributed by atoms with Gasteiger partial charge in [-0.15, -0.1) is 11.8 Å². The van der Waals surface area contributed by atoms with Crippen molar-refractivity contribution in [1.82, 2.24) is 5.32 Å². The summed E-state index contributed by atoms with van der Waals surface area (Å²) in [4.78, 5) is 12.9. The van der Waals surface area contributed by atoms with Gasteiger partial charge in [0.2, 0.25) is 5.91 Å². The van der Waals surface area contributed by atoms with Gasteiger partial charge in [0.25, 0.3) is 0 Å². The van der Waals surface area contributed by atoms with Crippen molar-refractivity contribution in [2.45, 2.75) is 43.5 Å². The van der Waals surface area contributed by atoms with Crippen LogP contribution in [0.25, 0.3) is 0 Å². The van der Waals surface area contributed by atoms with Crippen LogP contribution in [-0.2, 0) is 4.79 Å². The largest absolute Gasteiger partial charge is 0.398 e. The molecule has 0 bridgehead atoms. The van der Waals surface area contributed by atoms with Crippen molar-refractivity contribution in [3.63, 3.8) is 0 Å². The zero-order chi connectivity index (χ0) is 14.5. The highest BCUT2D eigenvalue weighted by Gasteiger charge is 2.19. The summed E-state index contributed by atoms with van der Waals surface area (Å²) in [6.07, 6.45) is 4.66. The summed E-state index contributed by atoms with van der Waals surface area (Å²) in [5, 5.41) is 3.13. The van der Waals surface area contributed by atoms with E-state index in [1.54, 1.807) is 0 Å². The molecule has 2 rings (SSSR count). The van der Waals surface area contributed by atoms with Gasteiger partial charge in [-0.2, -0.15) is 0 Å². The number of thioether (sulfide) groups is 1. The molecule has 0 spiro atoms. The lowest BCUT2D eigenvalue weighted by atomic mass is 9.87. The van der Waals surface area contributed by atoms with Gasteiger partial charge in [-0.25, -0.2) is 0 Å². The van der Waals surface area contributed by atoms with Crippen LogP contribution in [0.1, 0.15) is 32.6 Å². The number of hydrogen-bond acceptors (Lipinski definition) is 3. The smallest absolute Gasteiger partial charge is 0.230 e. The fourth-order valence-corrected chi connectivity index (χ4v) is 3.61. The molecular formula is C15H21BrN2OS. The molecule has 20 heavy (non-hydrogen) atoms. The third-order valence-electron chi connectivity index (χ3n) is 3.71. The second-order valence-electron chi connectivity index (χ2n) is 5.50. The van der Waals surface area contributed by atoms with Crippen molar-refractivity contribution in [2.75, 3.05) is 11.5 Å². The van der Waals surface area contributed by atoms with E-state index in [0.29, 0.717) is 17.5 Å². The summed E-state index contributed by atoms with van der Waals surface area (Å²) < 4.78 is 0.958. The molecule has 5 heteroatoms. The Morgan fingerprint density at radius 3 is 2.75 bits per heavy atom. The predicted octanol–water partition coefficient (Wildman–Crippen LogP) is 3.82. The lowest BCUT2D eigenvalue weighted by Gasteiger charge is -2.26. The molecule has 0 aliphatic heterocycles. The molecule has 3 N–H and O–H groups in total. The summed E-state index contributed by atoms with van der Waals surface area (Å²) >= 11 is 4.87. The standard InChI is InChI=1S/C15H21BrN2OS/c1-10-2-5-12(6-3-10)18-15(19)9-20-14-7-4-11(16)8-13(14)17/h4,7-8,10,12H,2-3,5-6,9,17H2,1H3,(H,18,19). The van der Waals surface area contributed by atoms with E-state index in [0.717, 1.165) is 28.1 Å². The van der Waals surface area contributed by atoms with Crippen molar-refractivity contribution >= 4 is 39.3 Å². The van der Waals surface area contributed by atoms with Crippen molar-refractivity contribution in [3.05, 3.63) is 22.7 Å². The van der Waals surface area contributed by atoms with Crippen molar-refractivity contribution in [3.8, 4) is 0 Å². The van der Waals surface area contributed by atoms with Crippen LogP contribution < -0.4 is 11.1 Å². The van der Waals surface area contributed by atoms with E-state index in [2.05, 4.69) is 28.2 Å². The van der Waals surface area contributed by atoms with Crippen LogP contribution >= 0.6 is 27.7 Å². The fraction of sp³-hybridized carbons (Fsp3) is 0.533. The van der Waals surface area contributed by atoms with Gasteiger partial charge in [-0.3, -0.25) is 4.79 Å². The first-order valence-corrected chi connectivity index (χ1v) is 8.79. The number of nitrogen functional groups attached to an aromatic ring is 1. The maximum absolute atomic E-state index is 12.0. The molecule has 0 atom stereocenters. The minimum absolute atomic E-state index is 0.108. The second-order valence-corrected chi connectivity index (χ2v) is 7.43. The predicted molar refractivity (Wildman–Crippen MR) is 88.8 cm³/mol. The quantitative estimate of drug-likeness (QED) is 0.636. The zero-order valence-electron chi connectivity index (χ0n) is 11.7. The number of benzene rings is 1. The third kappa shape index (κ3) is 4.70. The summed E-state index contributed by atoms with van der Waals surface area (Å²) in [5.41, 5.74) is 6.64. The Bertz CT molecular complexity index is 473. The zero-order valence-corrected chi connectivity index (χ0v) is 14.1. The maximum Gasteiger partial charge on any atom is 0.230 e. The van der Waals surface area contributed by atoms with Gasteiger partial charge in [-0.1, -0.05) is 22.9 Å². The number of hydrogen-bond donors (Lipinski definition) is 2. The minimum Gasteiger partial charge on any atom is -0.398 e. The van der Waals surface area contributed by atoms with Crippen LogP contribution in [-0.4, -0.2) is 17.7 Å². The molecule has 1 saturated carbocycles.